The van der Waals surface area contributed by atoms with Gasteiger partial charge in [0.1, 0.15) is 0 Å². The van der Waals surface area contributed by atoms with Gasteiger partial charge >= 0.3 is 6.09 Å². The average molecular weight is 320 g/mol. The fraction of sp³-hybridized carbons (Fsp3) is 0.556. The maximum Gasteiger partial charge on any atom is 0.406 e. The van der Waals surface area contributed by atoms with E-state index in [0.29, 0.717) is 18.9 Å². The number of amides is 2. The predicted molar refractivity (Wildman–Crippen MR) is 91.0 cm³/mol. The van der Waals surface area contributed by atoms with Gasteiger partial charge in [-0.15, -0.1) is 0 Å². The number of carbonyl (C=O) groups is 2. The normalized spacial score (nSPS) is 13.3. The molecule has 1 aromatic carbocycles. The minimum atomic E-state index is -0.461. The molecular formula is C18H28N2O3. The fourth-order valence-electron chi connectivity index (χ4n) is 2.59. The maximum absolute atomic E-state index is 12.3. The Bertz CT molecular complexity index is 488. The summed E-state index contributed by atoms with van der Waals surface area (Å²) in [5, 5.41) is 5.71. The highest BCUT2D eigenvalue weighted by molar-refractivity contribution is 5.76. The largest absolute Gasteiger partial charge is 0.453 e. The standard InChI is InChI=1S/C18H28N2O3/c1-13(2)10-15(12-19-18(22)23-4)11-17(21)20-14(3)16-8-6-5-7-9-16/h5-9,13-15H,10-12H2,1-4H3,(H,19,22)(H,20,21)/t14-,15-/m1/s1. The zero-order valence-electron chi connectivity index (χ0n) is 14.5. The Morgan fingerprint density at radius 3 is 2.35 bits per heavy atom. The predicted octanol–water partition coefficient (Wildman–Crippen LogP) is 3.27. The lowest BCUT2D eigenvalue weighted by Gasteiger charge is -2.21. The first kappa shape index (κ1) is 19.0. The Morgan fingerprint density at radius 2 is 1.78 bits per heavy atom. The van der Waals surface area contributed by atoms with Crippen LogP contribution < -0.4 is 10.6 Å². The van der Waals surface area contributed by atoms with Crippen molar-refractivity contribution in [2.45, 2.75) is 39.7 Å². The van der Waals surface area contributed by atoms with Gasteiger partial charge in [-0.25, -0.2) is 4.79 Å². The zero-order valence-corrected chi connectivity index (χ0v) is 14.5. The van der Waals surface area contributed by atoms with Crippen LogP contribution in [-0.2, 0) is 9.53 Å². The second-order valence-electron chi connectivity index (χ2n) is 6.27. The van der Waals surface area contributed by atoms with E-state index in [2.05, 4.69) is 29.2 Å². The third-order valence-corrected chi connectivity index (χ3v) is 3.68. The van der Waals surface area contributed by atoms with Gasteiger partial charge in [0, 0.05) is 13.0 Å². The summed E-state index contributed by atoms with van der Waals surface area (Å²) in [6, 6.07) is 9.83. The molecule has 1 aromatic rings. The van der Waals surface area contributed by atoms with Crippen molar-refractivity contribution in [3.8, 4) is 0 Å². The van der Waals surface area contributed by atoms with Gasteiger partial charge in [0.05, 0.1) is 13.2 Å². The van der Waals surface area contributed by atoms with Crippen LogP contribution in [0.2, 0.25) is 0 Å². The van der Waals surface area contributed by atoms with E-state index in [4.69, 9.17) is 0 Å². The quantitative estimate of drug-likeness (QED) is 0.772. The van der Waals surface area contributed by atoms with E-state index in [9.17, 15) is 9.59 Å². The second-order valence-corrected chi connectivity index (χ2v) is 6.27. The molecule has 0 radical (unpaired) electrons. The third kappa shape index (κ3) is 7.68. The molecule has 0 saturated heterocycles. The molecule has 23 heavy (non-hydrogen) atoms. The molecule has 1 rings (SSSR count). The molecule has 0 aromatic heterocycles. The molecule has 2 N–H and O–H groups in total. The van der Waals surface area contributed by atoms with Crippen molar-refractivity contribution in [1.82, 2.24) is 10.6 Å². The zero-order chi connectivity index (χ0) is 17.2. The highest BCUT2D eigenvalue weighted by Crippen LogP contribution is 2.17. The first-order valence-corrected chi connectivity index (χ1v) is 8.08. The van der Waals surface area contributed by atoms with E-state index in [1.165, 1.54) is 7.11 Å². The van der Waals surface area contributed by atoms with Crippen LogP contribution in [0.25, 0.3) is 0 Å². The highest BCUT2D eigenvalue weighted by Gasteiger charge is 2.18. The van der Waals surface area contributed by atoms with E-state index in [0.717, 1.165) is 12.0 Å². The van der Waals surface area contributed by atoms with E-state index < -0.39 is 6.09 Å². The summed E-state index contributed by atoms with van der Waals surface area (Å²) in [6.07, 6.45) is 0.799. The van der Waals surface area contributed by atoms with Crippen molar-refractivity contribution >= 4 is 12.0 Å². The lowest BCUT2D eigenvalue weighted by atomic mass is 9.93. The summed E-state index contributed by atoms with van der Waals surface area (Å²) in [6.45, 7) is 6.63. The van der Waals surface area contributed by atoms with Gasteiger partial charge in [-0.3, -0.25) is 4.79 Å². The molecule has 0 saturated carbocycles. The van der Waals surface area contributed by atoms with Crippen molar-refractivity contribution in [2.75, 3.05) is 13.7 Å². The number of hydrogen-bond acceptors (Lipinski definition) is 3. The van der Waals surface area contributed by atoms with Gasteiger partial charge in [-0.1, -0.05) is 44.2 Å². The number of carbonyl (C=O) groups excluding carboxylic acids is 2. The van der Waals surface area contributed by atoms with Crippen LogP contribution in [0.4, 0.5) is 4.79 Å². The molecule has 0 bridgehead atoms. The second kappa shape index (κ2) is 9.87. The molecule has 0 aliphatic rings. The van der Waals surface area contributed by atoms with Crippen molar-refractivity contribution in [2.24, 2.45) is 11.8 Å². The fourth-order valence-corrected chi connectivity index (χ4v) is 2.59. The molecule has 0 aliphatic carbocycles. The molecule has 2 atom stereocenters. The van der Waals surface area contributed by atoms with Crippen LogP contribution in [0, 0.1) is 11.8 Å². The maximum atomic E-state index is 12.3. The summed E-state index contributed by atoms with van der Waals surface area (Å²) in [5.74, 6) is 0.550. The van der Waals surface area contributed by atoms with Crippen molar-refractivity contribution in [3.05, 3.63) is 35.9 Å². The molecule has 2 amide bonds. The smallest absolute Gasteiger partial charge is 0.406 e. The number of benzene rings is 1. The Labute approximate surface area is 138 Å². The summed E-state index contributed by atoms with van der Waals surface area (Å²) in [7, 11) is 1.33. The Morgan fingerprint density at radius 1 is 1.13 bits per heavy atom. The first-order chi connectivity index (χ1) is 10.9. The lowest BCUT2D eigenvalue weighted by molar-refractivity contribution is -0.122. The van der Waals surface area contributed by atoms with Gasteiger partial charge in [0.2, 0.25) is 5.91 Å². The molecule has 5 heteroatoms. The molecule has 0 heterocycles. The third-order valence-electron chi connectivity index (χ3n) is 3.68. The summed E-state index contributed by atoms with van der Waals surface area (Å²) in [4.78, 5) is 23.5. The van der Waals surface area contributed by atoms with Gasteiger partial charge in [-0.2, -0.15) is 0 Å². The molecule has 0 aliphatic heterocycles. The Hall–Kier alpha value is -2.04. The van der Waals surface area contributed by atoms with E-state index in [1.807, 2.05) is 37.3 Å². The van der Waals surface area contributed by atoms with E-state index in [1.54, 1.807) is 0 Å². The van der Waals surface area contributed by atoms with Gasteiger partial charge in [0.15, 0.2) is 0 Å². The SMILES string of the molecule is COC(=O)NC[C@@H](CC(=O)N[C@H](C)c1ccccc1)CC(C)C. The average Bonchev–Trinajstić information content (AvgIpc) is 2.52. The van der Waals surface area contributed by atoms with Crippen LogP contribution in [-0.4, -0.2) is 25.7 Å². The van der Waals surface area contributed by atoms with Crippen LogP contribution >= 0.6 is 0 Å². The minimum Gasteiger partial charge on any atom is -0.453 e. The molecule has 0 spiro atoms. The van der Waals surface area contributed by atoms with E-state index >= 15 is 0 Å². The topological polar surface area (TPSA) is 67.4 Å². The Kier molecular flexibility index (Phi) is 8.16. The summed E-state index contributed by atoms with van der Waals surface area (Å²) < 4.78 is 4.58. The number of methoxy groups -OCH3 is 1. The molecule has 0 fully saturated rings. The summed E-state index contributed by atoms with van der Waals surface area (Å²) in [5.41, 5.74) is 1.08. The molecule has 128 valence electrons. The van der Waals surface area contributed by atoms with Gasteiger partial charge in [-0.05, 0) is 30.7 Å². The van der Waals surface area contributed by atoms with Crippen LogP contribution in [0.5, 0.6) is 0 Å². The Balaban J connectivity index is 2.53. The van der Waals surface area contributed by atoms with Crippen molar-refractivity contribution < 1.29 is 14.3 Å². The van der Waals surface area contributed by atoms with Crippen LogP contribution in [0.3, 0.4) is 0 Å². The highest BCUT2D eigenvalue weighted by atomic mass is 16.5. The molecular weight excluding hydrogens is 292 g/mol. The first-order valence-electron chi connectivity index (χ1n) is 8.08. The van der Waals surface area contributed by atoms with Gasteiger partial charge in [0.25, 0.3) is 0 Å². The summed E-state index contributed by atoms with van der Waals surface area (Å²) >= 11 is 0. The van der Waals surface area contributed by atoms with Crippen LogP contribution in [0.15, 0.2) is 30.3 Å². The number of rotatable bonds is 8. The minimum absolute atomic E-state index is 0.00123. The monoisotopic (exact) mass is 320 g/mol. The number of nitrogens with one attached hydrogen (secondary N) is 2. The van der Waals surface area contributed by atoms with Gasteiger partial charge < -0.3 is 15.4 Å². The number of ether oxygens (including phenoxy) is 1. The van der Waals surface area contributed by atoms with Crippen LogP contribution in [0.1, 0.15) is 45.2 Å². The lowest BCUT2D eigenvalue weighted by Crippen LogP contribution is -2.34. The number of hydrogen-bond donors (Lipinski definition) is 2. The van der Waals surface area contributed by atoms with Crippen molar-refractivity contribution in [3.63, 3.8) is 0 Å². The van der Waals surface area contributed by atoms with Crippen molar-refractivity contribution in [1.29, 1.82) is 0 Å². The number of alkyl carbamates (subject to hydrolysis) is 1. The molecule has 0 unspecified atom stereocenters. The van der Waals surface area contributed by atoms with E-state index in [-0.39, 0.29) is 17.9 Å². The molecule has 5 nitrogen and oxygen atoms in total.